The normalized spacial score (nSPS) is 13.5. The summed E-state index contributed by atoms with van der Waals surface area (Å²) in [7, 11) is -3.28. The largest absolute Gasteiger partial charge is 0.297 e. The first kappa shape index (κ1) is 10.1. The van der Waals surface area contributed by atoms with Gasteiger partial charge in [0.1, 0.15) is 11.7 Å². The van der Waals surface area contributed by atoms with E-state index in [0.29, 0.717) is 0 Å². The van der Waals surface area contributed by atoms with Gasteiger partial charge in [0, 0.05) is 6.26 Å². The minimum Gasteiger partial charge on any atom is -0.297 e. The summed E-state index contributed by atoms with van der Waals surface area (Å²) in [6.07, 6.45) is 0.967. The molecule has 1 unspecified atom stereocenters. The Morgan fingerprint density at radius 3 is 2.36 bits per heavy atom. The highest BCUT2D eigenvalue weighted by atomic mass is 32.2. The highest BCUT2D eigenvalue weighted by Crippen LogP contribution is 1.96. The van der Waals surface area contributed by atoms with Gasteiger partial charge in [0.2, 0.25) is 0 Å². The van der Waals surface area contributed by atoms with Crippen LogP contribution in [-0.2, 0) is 14.6 Å². The summed E-state index contributed by atoms with van der Waals surface area (Å²) in [5.74, 6) is -1.92. The first-order valence-corrected chi connectivity index (χ1v) is 5.03. The van der Waals surface area contributed by atoms with Gasteiger partial charge in [-0.3, -0.25) is 4.79 Å². The third-order valence-corrected chi connectivity index (χ3v) is 1.89. The van der Waals surface area contributed by atoms with E-state index in [1.54, 1.807) is 6.07 Å². The topological polar surface area (TPSA) is 75.0 Å². The number of rotatable bonds is 3. The van der Waals surface area contributed by atoms with Gasteiger partial charge in [-0.05, 0) is 6.92 Å². The fourth-order valence-electron chi connectivity index (χ4n) is 0.455. The summed E-state index contributed by atoms with van der Waals surface area (Å²) in [6.45, 7) is 1.38. The molecule has 1 atom stereocenters. The molecular weight excluding hydrogens is 166 g/mol. The van der Waals surface area contributed by atoms with E-state index >= 15 is 0 Å². The van der Waals surface area contributed by atoms with Crippen molar-refractivity contribution in [2.75, 3.05) is 12.0 Å². The third-order valence-electron chi connectivity index (χ3n) is 1.08. The molecule has 0 aliphatic rings. The van der Waals surface area contributed by atoms with Crippen molar-refractivity contribution in [3.8, 4) is 6.07 Å². The first-order valence-electron chi connectivity index (χ1n) is 2.97. The van der Waals surface area contributed by atoms with E-state index in [0.717, 1.165) is 6.26 Å². The van der Waals surface area contributed by atoms with E-state index in [-0.39, 0.29) is 0 Å². The van der Waals surface area contributed by atoms with Gasteiger partial charge in [-0.2, -0.15) is 5.26 Å². The lowest BCUT2D eigenvalue weighted by atomic mass is 10.1. The molecule has 0 rings (SSSR count). The molecule has 0 radical (unpaired) electrons. The smallest absolute Gasteiger partial charge is 0.164 e. The van der Waals surface area contributed by atoms with Crippen LogP contribution in [0.5, 0.6) is 0 Å². The van der Waals surface area contributed by atoms with Crippen LogP contribution in [-0.4, -0.2) is 26.2 Å². The Kier molecular flexibility index (Phi) is 3.20. The number of ketones is 1. The van der Waals surface area contributed by atoms with Gasteiger partial charge in [0.05, 0.1) is 6.07 Å². The molecule has 0 aliphatic heterocycles. The summed E-state index contributed by atoms with van der Waals surface area (Å²) in [5, 5.41) is 8.24. The van der Waals surface area contributed by atoms with E-state index in [4.69, 9.17) is 5.26 Å². The average molecular weight is 175 g/mol. The number of nitrogens with zero attached hydrogens (tertiary/aromatic N) is 1. The molecule has 5 heteroatoms. The number of carbonyl (C=O) groups excluding carboxylic acids is 1. The number of hydrogen-bond donors (Lipinski definition) is 0. The summed E-state index contributed by atoms with van der Waals surface area (Å²) in [4.78, 5) is 10.8. The summed E-state index contributed by atoms with van der Waals surface area (Å²) >= 11 is 0. The number of sulfone groups is 1. The SMILES string of the molecule is CC(C#N)C(=O)CS(C)(=O)=O. The van der Waals surface area contributed by atoms with Crippen LogP contribution >= 0.6 is 0 Å². The van der Waals surface area contributed by atoms with Crippen molar-refractivity contribution in [3.05, 3.63) is 0 Å². The van der Waals surface area contributed by atoms with Gasteiger partial charge in [0.15, 0.2) is 15.6 Å². The second-order valence-electron chi connectivity index (χ2n) is 2.39. The zero-order valence-corrected chi connectivity index (χ0v) is 7.18. The standard InChI is InChI=1S/C6H9NO3S/c1-5(3-7)6(8)4-11(2,9)10/h5H,4H2,1-2H3. The Balaban J connectivity index is 4.24. The molecule has 0 aromatic rings. The molecule has 0 saturated carbocycles. The molecule has 0 N–H and O–H groups in total. The predicted octanol–water partition coefficient (Wildman–Crippen LogP) is -0.240. The van der Waals surface area contributed by atoms with Crippen LogP contribution < -0.4 is 0 Å². The van der Waals surface area contributed by atoms with Crippen molar-refractivity contribution < 1.29 is 13.2 Å². The van der Waals surface area contributed by atoms with Gasteiger partial charge in [-0.1, -0.05) is 0 Å². The van der Waals surface area contributed by atoms with Gasteiger partial charge in [-0.15, -0.1) is 0 Å². The lowest BCUT2D eigenvalue weighted by Gasteiger charge is -1.98. The molecule has 0 aliphatic carbocycles. The lowest BCUT2D eigenvalue weighted by Crippen LogP contribution is -2.19. The summed E-state index contributed by atoms with van der Waals surface area (Å²) in [5.41, 5.74) is 0. The van der Waals surface area contributed by atoms with Crippen molar-refractivity contribution in [2.24, 2.45) is 5.92 Å². The quantitative estimate of drug-likeness (QED) is 0.593. The molecule has 0 heterocycles. The monoisotopic (exact) mass is 175 g/mol. The fraction of sp³-hybridized carbons (Fsp3) is 0.667. The number of Topliss-reactive ketones (excluding diaryl/α,β-unsaturated/α-hetero) is 1. The van der Waals surface area contributed by atoms with Crippen LogP contribution in [0, 0.1) is 17.2 Å². The first-order chi connectivity index (χ1) is 4.87. The van der Waals surface area contributed by atoms with Crippen LogP contribution in [0.4, 0.5) is 0 Å². The number of hydrogen-bond acceptors (Lipinski definition) is 4. The van der Waals surface area contributed by atoms with Crippen molar-refractivity contribution >= 4 is 15.6 Å². The molecule has 62 valence electrons. The van der Waals surface area contributed by atoms with Gasteiger partial charge in [-0.25, -0.2) is 8.42 Å². The Morgan fingerprint density at radius 2 is 2.09 bits per heavy atom. The van der Waals surface area contributed by atoms with E-state index in [2.05, 4.69) is 0 Å². The van der Waals surface area contributed by atoms with Gasteiger partial charge in [0.25, 0.3) is 0 Å². The zero-order valence-electron chi connectivity index (χ0n) is 6.36. The molecule has 0 amide bonds. The van der Waals surface area contributed by atoms with Crippen molar-refractivity contribution in [2.45, 2.75) is 6.92 Å². The Bertz CT molecular complexity index is 285. The lowest BCUT2D eigenvalue weighted by molar-refractivity contribution is -0.118. The maximum atomic E-state index is 10.8. The number of carbonyl (C=O) groups is 1. The number of nitriles is 1. The molecule has 0 bridgehead atoms. The van der Waals surface area contributed by atoms with Crippen LogP contribution in [0.2, 0.25) is 0 Å². The summed E-state index contributed by atoms with van der Waals surface area (Å²) < 4.78 is 21.1. The minimum atomic E-state index is -3.28. The van der Waals surface area contributed by atoms with Gasteiger partial charge < -0.3 is 0 Å². The van der Waals surface area contributed by atoms with E-state index in [1.807, 2.05) is 0 Å². The van der Waals surface area contributed by atoms with Crippen LogP contribution in [0.1, 0.15) is 6.92 Å². The van der Waals surface area contributed by atoms with E-state index < -0.39 is 27.3 Å². The van der Waals surface area contributed by atoms with Crippen LogP contribution in [0.3, 0.4) is 0 Å². The van der Waals surface area contributed by atoms with E-state index in [9.17, 15) is 13.2 Å². The summed E-state index contributed by atoms with van der Waals surface area (Å²) in [6, 6.07) is 1.67. The molecule has 0 saturated heterocycles. The Morgan fingerprint density at radius 1 is 1.64 bits per heavy atom. The fourth-order valence-corrected chi connectivity index (χ4v) is 1.22. The minimum absolute atomic E-state index is 0.540. The van der Waals surface area contributed by atoms with Crippen molar-refractivity contribution in [1.82, 2.24) is 0 Å². The second-order valence-corrected chi connectivity index (χ2v) is 4.53. The second kappa shape index (κ2) is 3.49. The Labute approximate surface area is 65.7 Å². The zero-order chi connectivity index (χ0) is 9.07. The van der Waals surface area contributed by atoms with Crippen molar-refractivity contribution in [3.63, 3.8) is 0 Å². The van der Waals surface area contributed by atoms with Crippen molar-refractivity contribution in [1.29, 1.82) is 5.26 Å². The van der Waals surface area contributed by atoms with Crippen LogP contribution in [0.25, 0.3) is 0 Å². The molecule has 0 aromatic carbocycles. The average Bonchev–Trinajstić information content (AvgIpc) is 1.82. The maximum absolute atomic E-state index is 10.8. The molecule has 0 aromatic heterocycles. The Hall–Kier alpha value is -0.890. The molecular formula is C6H9NO3S. The molecule has 11 heavy (non-hydrogen) atoms. The molecule has 0 fully saturated rings. The molecule has 4 nitrogen and oxygen atoms in total. The highest BCUT2D eigenvalue weighted by molar-refractivity contribution is 7.91. The predicted molar refractivity (Wildman–Crippen MR) is 39.5 cm³/mol. The van der Waals surface area contributed by atoms with Crippen LogP contribution in [0.15, 0.2) is 0 Å². The highest BCUT2D eigenvalue weighted by Gasteiger charge is 2.16. The molecule has 0 spiro atoms. The third kappa shape index (κ3) is 4.51. The maximum Gasteiger partial charge on any atom is 0.164 e. The van der Waals surface area contributed by atoms with Gasteiger partial charge >= 0.3 is 0 Å². The van der Waals surface area contributed by atoms with E-state index in [1.165, 1.54) is 6.92 Å².